The van der Waals surface area contributed by atoms with Gasteiger partial charge in [-0.3, -0.25) is 0 Å². The summed E-state index contributed by atoms with van der Waals surface area (Å²) in [6.45, 7) is 1.98. The van der Waals surface area contributed by atoms with Gasteiger partial charge in [0.1, 0.15) is 5.82 Å². The Kier molecular flexibility index (Phi) is 5.30. The van der Waals surface area contributed by atoms with Gasteiger partial charge in [0.25, 0.3) is 0 Å². The van der Waals surface area contributed by atoms with Crippen LogP contribution in [-0.2, 0) is 10.5 Å². The average Bonchev–Trinajstić information content (AvgIpc) is 2.57. The normalized spacial score (nSPS) is 18.0. The van der Waals surface area contributed by atoms with Crippen LogP contribution in [-0.4, -0.2) is 25.0 Å². The lowest BCUT2D eigenvalue weighted by atomic mass is 9.88. The predicted molar refractivity (Wildman–Crippen MR) is 97.6 cm³/mol. The molecular weight excluding hydrogens is 329 g/mol. The van der Waals surface area contributed by atoms with Gasteiger partial charge in [-0.25, -0.2) is 4.39 Å². The van der Waals surface area contributed by atoms with Gasteiger partial charge >= 0.3 is 0 Å². The van der Waals surface area contributed by atoms with Crippen molar-refractivity contribution in [2.75, 3.05) is 20.1 Å². The molecule has 1 nitrogen and oxygen atoms in total. The summed E-state index contributed by atoms with van der Waals surface area (Å²) in [5.41, 5.74) is 1.96. The van der Waals surface area contributed by atoms with Crippen molar-refractivity contribution < 1.29 is 4.39 Å². The Morgan fingerprint density at radius 3 is 2.43 bits per heavy atom. The Morgan fingerprint density at radius 2 is 1.74 bits per heavy atom. The quantitative estimate of drug-likeness (QED) is 0.733. The molecule has 0 amide bonds. The summed E-state index contributed by atoms with van der Waals surface area (Å²) in [5.74, 6) is 0.710. The van der Waals surface area contributed by atoms with Crippen LogP contribution in [0.5, 0.6) is 0 Å². The lowest BCUT2D eigenvalue weighted by Crippen LogP contribution is -2.39. The van der Waals surface area contributed by atoms with Crippen LogP contribution < -0.4 is 0 Å². The predicted octanol–water partition coefficient (Wildman–Crippen LogP) is 5.33. The van der Waals surface area contributed by atoms with Crippen LogP contribution >= 0.6 is 23.4 Å². The van der Waals surface area contributed by atoms with E-state index < -0.39 is 0 Å². The second-order valence-electron chi connectivity index (χ2n) is 6.16. The Balaban J connectivity index is 1.87. The molecule has 2 aromatic rings. The lowest BCUT2D eigenvalue weighted by molar-refractivity contribution is 0.237. The molecule has 0 aliphatic carbocycles. The van der Waals surface area contributed by atoms with Crippen LogP contribution in [0, 0.1) is 5.82 Å². The van der Waals surface area contributed by atoms with E-state index in [9.17, 15) is 4.39 Å². The minimum atomic E-state index is -0.170. The summed E-state index contributed by atoms with van der Waals surface area (Å²) in [5, 5.41) is 0.789. The maximum Gasteiger partial charge on any atom is 0.127 e. The first-order valence-electron chi connectivity index (χ1n) is 7.92. The van der Waals surface area contributed by atoms with E-state index in [4.69, 9.17) is 11.6 Å². The number of halogens is 2. The first-order chi connectivity index (χ1) is 11.1. The van der Waals surface area contributed by atoms with Gasteiger partial charge in [0, 0.05) is 21.1 Å². The molecule has 23 heavy (non-hydrogen) atoms. The van der Waals surface area contributed by atoms with Crippen molar-refractivity contribution >= 4 is 23.4 Å². The molecule has 0 aromatic heterocycles. The fourth-order valence-corrected chi connectivity index (χ4v) is 4.89. The molecule has 0 atom stereocenters. The summed E-state index contributed by atoms with van der Waals surface area (Å²) in [4.78, 5) is 2.31. The lowest BCUT2D eigenvalue weighted by Gasteiger charge is -2.41. The molecule has 0 radical (unpaired) electrons. The molecule has 1 aliphatic rings. The summed E-state index contributed by atoms with van der Waals surface area (Å²) in [6.07, 6.45) is 1.92. The molecule has 1 heterocycles. The minimum absolute atomic E-state index is 0.0938. The molecule has 122 valence electrons. The molecule has 1 fully saturated rings. The van der Waals surface area contributed by atoms with Crippen LogP contribution in [0.4, 0.5) is 4.39 Å². The summed E-state index contributed by atoms with van der Waals surface area (Å²) in [7, 11) is 2.13. The summed E-state index contributed by atoms with van der Waals surface area (Å²) < 4.78 is 14.3. The van der Waals surface area contributed by atoms with Crippen LogP contribution in [0.1, 0.15) is 24.0 Å². The molecule has 1 aliphatic heterocycles. The van der Waals surface area contributed by atoms with E-state index in [1.54, 1.807) is 12.1 Å². The summed E-state index contributed by atoms with van der Waals surface area (Å²) in [6, 6.07) is 15.1. The minimum Gasteiger partial charge on any atom is -0.306 e. The van der Waals surface area contributed by atoms with E-state index in [-0.39, 0.29) is 10.6 Å². The Morgan fingerprint density at radius 1 is 1.09 bits per heavy atom. The summed E-state index contributed by atoms with van der Waals surface area (Å²) >= 11 is 8.12. The zero-order valence-corrected chi connectivity index (χ0v) is 14.8. The number of hydrogen-bond acceptors (Lipinski definition) is 2. The van der Waals surface area contributed by atoms with Gasteiger partial charge in [0.05, 0.1) is 0 Å². The van der Waals surface area contributed by atoms with Gasteiger partial charge < -0.3 is 4.90 Å². The molecule has 2 aromatic carbocycles. The largest absolute Gasteiger partial charge is 0.306 e. The SMILES string of the molecule is CN1CCC(SCc2ccccc2Cl)(c2ccccc2F)CC1. The van der Waals surface area contributed by atoms with Crippen LogP contribution in [0.2, 0.25) is 5.02 Å². The second kappa shape index (κ2) is 7.25. The molecule has 0 unspecified atom stereocenters. The Hall–Kier alpha value is -1.03. The molecule has 0 saturated carbocycles. The van der Waals surface area contributed by atoms with Gasteiger partial charge in [-0.05, 0) is 50.7 Å². The monoisotopic (exact) mass is 349 g/mol. The third-order valence-corrected chi connectivity index (χ3v) is 6.63. The number of thioether (sulfide) groups is 1. The zero-order valence-electron chi connectivity index (χ0n) is 13.3. The molecular formula is C19H21ClFNS. The molecule has 3 rings (SSSR count). The van der Waals surface area contributed by atoms with Crippen molar-refractivity contribution in [1.82, 2.24) is 4.90 Å². The number of benzene rings is 2. The fraction of sp³-hybridized carbons (Fsp3) is 0.368. The van der Waals surface area contributed by atoms with E-state index in [0.29, 0.717) is 0 Å². The van der Waals surface area contributed by atoms with Crippen LogP contribution in [0.15, 0.2) is 48.5 Å². The van der Waals surface area contributed by atoms with Crippen LogP contribution in [0.25, 0.3) is 0 Å². The Bertz CT molecular complexity index is 668. The number of hydrogen-bond donors (Lipinski definition) is 0. The highest BCUT2D eigenvalue weighted by Gasteiger charge is 2.37. The third-order valence-electron chi connectivity index (χ3n) is 4.62. The molecule has 0 N–H and O–H groups in total. The van der Waals surface area contributed by atoms with Gasteiger partial charge in [-0.2, -0.15) is 0 Å². The van der Waals surface area contributed by atoms with Gasteiger partial charge in [0.2, 0.25) is 0 Å². The van der Waals surface area contributed by atoms with E-state index in [2.05, 4.69) is 18.0 Å². The molecule has 0 bridgehead atoms. The number of likely N-dealkylation sites (tertiary alicyclic amines) is 1. The maximum atomic E-state index is 14.5. The van der Waals surface area contributed by atoms with Crippen molar-refractivity contribution in [3.05, 3.63) is 70.5 Å². The first kappa shape index (κ1) is 16.8. The van der Waals surface area contributed by atoms with E-state index in [0.717, 1.165) is 47.8 Å². The average molecular weight is 350 g/mol. The topological polar surface area (TPSA) is 3.24 Å². The molecule has 1 saturated heterocycles. The maximum absolute atomic E-state index is 14.5. The van der Waals surface area contributed by atoms with Crippen molar-refractivity contribution in [1.29, 1.82) is 0 Å². The number of rotatable bonds is 4. The zero-order chi connectivity index (χ0) is 16.3. The highest BCUT2D eigenvalue weighted by molar-refractivity contribution is 7.99. The smallest absolute Gasteiger partial charge is 0.127 e. The number of nitrogens with zero attached hydrogens (tertiary/aromatic N) is 1. The van der Waals surface area contributed by atoms with Gasteiger partial charge in [-0.15, -0.1) is 11.8 Å². The van der Waals surface area contributed by atoms with E-state index in [1.165, 1.54) is 0 Å². The highest BCUT2D eigenvalue weighted by atomic mass is 35.5. The van der Waals surface area contributed by atoms with Crippen molar-refractivity contribution in [2.45, 2.75) is 23.3 Å². The van der Waals surface area contributed by atoms with Crippen molar-refractivity contribution in [2.24, 2.45) is 0 Å². The van der Waals surface area contributed by atoms with E-state index in [1.807, 2.05) is 42.1 Å². The Labute approximate surface area is 146 Å². The van der Waals surface area contributed by atoms with E-state index >= 15 is 0 Å². The second-order valence-corrected chi connectivity index (χ2v) is 7.92. The fourth-order valence-electron chi connectivity index (χ4n) is 3.13. The first-order valence-corrected chi connectivity index (χ1v) is 9.28. The highest BCUT2D eigenvalue weighted by Crippen LogP contribution is 2.47. The number of piperidine rings is 1. The molecule has 4 heteroatoms. The van der Waals surface area contributed by atoms with Gasteiger partial charge in [-0.1, -0.05) is 48.0 Å². The molecule has 0 spiro atoms. The van der Waals surface area contributed by atoms with Crippen molar-refractivity contribution in [3.63, 3.8) is 0 Å². The van der Waals surface area contributed by atoms with Crippen molar-refractivity contribution in [3.8, 4) is 0 Å². The van der Waals surface area contributed by atoms with Gasteiger partial charge in [0.15, 0.2) is 0 Å². The third kappa shape index (κ3) is 3.73. The van der Waals surface area contributed by atoms with Crippen LogP contribution in [0.3, 0.4) is 0 Å². The standard InChI is InChI=1S/C19H21ClFNS/c1-22-12-10-19(11-13-22,16-7-3-5-9-18(16)21)23-14-15-6-2-4-8-17(15)20/h2-9H,10-14H2,1H3.